The van der Waals surface area contributed by atoms with Gasteiger partial charge in [0, 0.05) is 0 Å². The summed E-state index contributed by atoms with van der Waals surface area (Å²) in [6.45, 7) is 5.78. The van der Waals surface area contributed by atoms with Gasteiger partial charge in [-0.05, 0) is 27.7 Å². The maximum Gasteiger partial charge on any atom is 0.404 e. The number of hydrogen-bond acceptors (Lipinski definition) is 1. The zero-order chi connectivity index (χ0) is 10.9. The second kappa shape index (κ2) is 3.96. The fraction of sp³-hybridized carbons (Fsp3) is 1.00. The van der Waals surface area contributed by atoms with Crippen molar-refractivity contribution in [2.24, 2.45) is 0 Å². The fourth-order valence-electron chi connectivity index (χ4n) is 0.404. The molecule has 0 aromatic heterocycles. The normalized spacial score (nSPS) is 18.4. The Bertz CT molecular complexity index is 197. The van der Waals surface area contributed by atoms with Crippen molar-refractivity contribution in [3.63, 3.8) is 0 Å². The topological polar surface area (TPSA) is 29.1 Å². The maximum absolute atomic E-state index is 12.0. The molecule has 0 unspecified atom stereocenters. The molecular formula is C7H14F3NOS. The Morgan fingerprint density at radius 2 is 1.62 bits per heavy atom. The first-order valence-corrected chi connectivity index (χ1v) is 4.95. The first-order chi connectivity index (χ1) is 5.55. The average molecular weight is 217 g/mol. The van der Waals surface area contributed by atoms with Gasteiger partial charge in [0.2, 0.25) is 0 Å². The predicted molar refractivity (Wildman–Crippen MR) is 46.5 cm³/mol. The van der Waals surface area contributed by atoms with Gasteiger partial charge in [-0.1, -0.05) is 0 Å². The standard InChI is InChI=1S/C7H14F3NOS/c1-5(7(8,9)10)11-13(12)6(2,3)4/h5,11H,1-4H3/t5-,13+/m0/s1. The minimum atomic E-state index is -4.35. The van der Waals surface area contributed by atoms with Gasteiger partial charge < -0.3 is 0 Å². The van der Waals surface area contributed by atoms with Crippen LogP contribution in [0, 0.1) is 0 Å². The molecule has 0 saturated carbocycles. The third-order valence-corrected chi connectivity index (χ3v) is 3.01. The Morgan fingerprint density at radius 3 is 1.85 bits per heavy atom. The van der Waals surface area contributed by atoms with Crippen LogP contribution in [0.25, 0.3) is 0 Å². The van der Waals surface area contributed by atoms with Crippen LogP contribution in [0.15, 0.2) is 0 Å². The van der Waals surface area contributed by atoms with E-state index >= 15 is 0 Å². The molecule has 6 heteroatoms. The van der Waals surface area contributed by atoms with Crippen LogP contribution in [0.3, 0.4) is 0 Å². The smallest absolute Gasteiger partial charge is 0.242 e. The van der Waals surface area contributed by atoms with Crippen LogP contribution in [0.1, 0.15) is 27.7 Å². The van der Waals surface area contributed by atoms with Crippen LogP contribution >= 0.6 is 0 Å². The molecule has 0 aliphatic rings. The summed E-state index contributed by atoms with van der Waals surface area (Å²) in [6.07, 6.45) is -4.35. The number of rotatable bonds is 2. The largest absolute Gasteiger partial charge is 0.404 e. The molecule has 0 amide bonds. The van der Waals surface area contributed by atoms with Crippen LogP contribution in [0.5, 0.6) is 0 Å². The van der Waals surface area contributed by atoms with Crippen molar-refractivity contribution < 1.29 is 17.4 Å². The van der Waals surface area contributed by atoms with Gasteiger partial charge in [-0.25, -0.2) is 8.93 Å². The minimum absolute atomic E-state index is 0.681. The lowest BCUT2D eigenvalue weighted by atomic mass is 10.3. The number of hydrogen-bond donors (Lipinski definition) is 1. The monoisotopic (exact) mass is 217 g/mol. The Kier molecular flexibility index (Phi) is 3.93. The summed E-state index contributed by atoms with van der Waals surface area (Å²) in [5, 5.41) is 0. The van der Waals surface area contributed by atoms with E-state index in [1.54, 1.807) is 20.8 Å². The van der Waals surface area contributed by atoms with Crippen LogP contribution < -0.4 is 4.72 Å². The molecule has 0 aliphatic heterocycles. The zero-order valence-electron chi connectivity index (χ0n) is 8.03. The van der Waals surface area contributed by atoms with Gasteiger partial charge in [0.15, 0.2) is 0 Å². The molecular weight excluding hydrogens is 203 g/mol. The van der Waals surface area contributed by atoms with Gasteiger partial charge in [0.25, 0.3) is 0 Å². The van der Waals surface area contributed by atoms with Crippen LogP contribution in [0.2, 0.25) is 0 Å². The highest BCUT2D eigenvalue weighted by molar-refractivity contribution is 7.84. The van der Waals surface area contributed by atoms with E-state index in [1.807, 2.05) is 4.72 Å². The highest BCUT2D eigenvalue weighted by Crippen LogP contribution is 2.21. The highest BCUT2D eigenvalue weighted by atomic mass is 32.2. The summed E-state index contributed by atoms with van der Waals surface area (Å²) in [5.74, 6) is 0. The lowest BCUT2D eigenvalue weighted by molar-refractivity contribution is -0.146. The van der Waals surface area contributed by atoms with E-state index in [4.69, 9.17) is 0 Å². The van der Waals surface area contributed by atoms with E-state index in [1.165, 1.54) is 0 Å². The van der Waals surface area contributed by atoms with Gasteiger partial charge in [-0.3, -0.25) is 0 Å². The van der Waals surface area contributed by atoms with Crippen molar-refractivity contribution in [3.8, 4) is 0 Å². The average Bonchev–Trinajstić information content (AvgIpc) is 1.82. The zero-order valence-corrected chi connectivity index (χ0v) is 8.84. The summed E-state index contributed by atoms with van der Waals surface area (Å²) in [6, 6.07) is -1.74. The molecule has 1 N–H and O–H groups in total. The van der Waals surface area contributed by atoms with Crippen molar-refractivity contribution in [3.05, 3.63) is 0 Å². The van der Waals surface area contributed by atoms with E-state index in [0.29, 0.717) is 0 Å². The minimum Gasteiger partial charge on any atom is -0.242 e. The second-order valence-corrected chi connectivity index (χ2v) is 5.76. The third kappa shape index (κ3) is 4.61. The Hall–Kier alpha value is -0.100. The van der Waals surface area contributed by atoms with Gasteiger partial charge in [0.05, 0.1) is 15.7 Å². The van der Waals surface area contributed by atoms with E-state index < -0.39 is 28.0 Å². The van der Waals surface area contributed by atoms with Crippen molar-refractivity contribution in [2.75, 3.05) is 0 Å². The molecule has 0 saturated heterocycles. The molecule has 0 rings (SSSR count). The number of halogens is 3. The summed E-state index contributed by atoms with van der Waals surface area (Å²) in [5.41, 5.74) is 0. The summed E-state index contributed by atoms with van der Waals surface area (Å²) >= 11 is 0. The number of nitrogens with one attached hydrogen (secondary N) is 1. The first kappa shape index (κ1) is 12.9. The highest BCUT2D eigenvalue weighted by Gasteiger charge is 2.38. The SMILES string of the molecule is C[C@H](N[S@](=O)C(C)(C)C)C(F)(F)F. The summed E-state index contributed by atoms with van der Waals surface area (Å²) < 4.78 is 48.5. The van der Waals surface area contributed by atoms with Crippen molar-refractivity contribution in [1.29, 1.82) is 0 Å². The molecule has 0 spiro atoms. The lowest BCUT2D eigenvalue weighted by Crippen LogP contribution is -2.45. The quantitative estimate of drug-likeness (QED) is 0.753. The lowest BCUT2D eigenvalue weighted by Gasteiger charge is -2.23. The van der Waals surface area contributed by atoms with Crippen molar-refractivity contribution in [2.45, 2.75) is 44.7 Å². The molecule has 0 bridgehead atoms. The third-order valence-electron chi connectivity index (χ3n) is 1.33. The van der Waals surface area contributed by atoms with Crippen LogP contribution in [-0.4, -0.2) is 21.2 Å². The Morgan fingerprint density at radius 1 is 1.23 bits per heavy atom. The van der Waals surface area contributed by atoms with E-state index in [-0.39, 0.29) is 0 Å². The molecule has 13 heavy (non-hydrogen) atoms. The molecule has 0 aromatic carbocycles. The van der Waals surface area contributed by atoms with Crippen LogP contribution in [-0.2, 0) is 11.0 Å². The van der Waals surface area contributed by atoms with Crippen LogP contribution in [0.4, 0.5) is 13.2 Å². The van der Waals surface area contributed by atoms with Gasteiger partial charge in [-0.2, -0.15) is 13.2 Å². The summed E-state index contributed by atoms with van der Waals surface area (Å²) in [4.78, 5) is 0. The molecule has 0 fully saturated rings. The molecule has 80 valence electrons. The van der Waals surface area contributed by atoms with Gasteiger partial charge in [-0.15, -0.1) is 0 Å². The van der Waals surface area contributed by atoms with E-state index in [2.05, 4.69) is 0 Å². The predicted octanol–water partition coefficient (Wildman–Crippen LogP) is 1.99. The van der Waals surface area contributed by atoms with Crippen molar-refractivity contribution in [1.82, 2.24) is 4.72 Å². The maximum atomic E-state index is 12.0. The molecule has 0 aromatic rings. The molecule has 2 atom stereocenters. The van der Waals surface area contributed by atoms with Gasteiger partial charge >= 0.3 is 6.18 Å². The number of alkyl halides is 3. The van der Waals surface area contributed by atoms with E-state index in [0.717, 1.165) is 6.92 Å². The second-order valence-electron chi connectivity index (χ2n) is 3.76. The Balaban J connectivity index is 4.24. The fourth-order valence-corrected chi connectivity index (χ4v) is 1.21. The summed E-state index contributed by atoms with van der Waals surface area (Å²) in [7, 11) is -1.68. The van der Waals surface area contributed by atoms with E-state index in [9.17, 15) is 17.4 Å². The van der Waals surface area contributed by atoms with Gasteiger partial charge in [0.1, 0.15) is 6.04 Å². The molecule has 2 nitrogen and oxygen atoms in total. The Labute approximate surface area is 78.5 Å². The molecule has 0 heterocycles. The first-order valence-electron chi connectivity index (χ1n) is 3.80. The molecule has 0 aliphatic carbocycles. The molecule has 0 radical (unpaired) electrons. The van der Waals surface area contributed by atoms with Crippen molar-refractivity contribution >= 4 is 11.0 Å².